The molecule has 0 saturated heterocycles. The molecule has 1 heterocycles. The van der Waals surface area contributed by atoms with Gasteiger partial charge in [-0.05, 0) is 6.07 Å². The first-order valence-electron chi connectivity index (χ1n) is 3.89. The van der Waals surface area contributed by atoms with Crippen LogP contribution in [0.1, 0.15) is 17.8 Å². The summed E-state index contributed by atoms with van der Waals surface area (Å²) in [6.45, 7) is -0.109. The van der Waals surface area contributed by atoms with E-state index in [1.54, 1.807) is 0 Å². The van der Waals surface area contributed by atoms with Crippen LogP contribution in [0, 0.1) is 10.1 Å². The quantitative estimate of drug-likeness (QED) is 0.580. The number of aromatic nitrogens is 1. The van der Waals surface area contributed by atoms with Crippen LogP contribution >= 0.6 is 0 Å². The number of halogens is 2. The summed E-state index contributed by atoms with van der Waals surface area (Å²) in [5.41, 5.74) is 8.38. The summed E-state index contributed by atoms with van der Waals surface area (Å²) in [6.07, 6.45) is -3.06. The third-order valence-electron chi connectivity index (χ3n) is 1.70. The van der Waals surface area contributed by atoms with Crippen LogP contribution in [0.25, 0.3) is 0 Å². The maximum atomic E-state index is 12.4. The Balaban J connectivity index is 3.42. The Morgan fingerprint density at radius 2 is 2.20 bits per heavy atom. The van der Waals surface area contributed by atoms with E-state index in [9.17, 15) is 18.9 Å². The lowest BCUT2D eigenvalue weighted by Crippen LogP contribution is -2.08. The van der Waals surface area contributed by atoms with Crippen LogP contribution in [0.5, 0.6) is 0 Å². The standard InChI is InChI=1S/C7H8F2N4O2/c8-7(9)5-6(13(14)15)4(11)1-3(2-10)12-5/h1,7H,2,10H2,(H2,11,12). The maximum Gasteiger partial charge on any atom is 0.319 e. The summed E-state index contributed by atoms with van der Waals surface area (Å²) in [7, 11) is 0. The van der Waals surface area contributed by atoms with Gasteiger partial charge in [0, 0.05) is 6.54 Å². The van der Waals surface area contributed by atoms with Gasteiger partial charge in [-0.15, -0.1) is 0 Å². The molecule has 1 rings (SSSR count). The van der Waals surface area contributed by atoms with E-state index in [-0.39, 0.29) is 17.9 Å². The summed E-state index contributed by atoms with van der Waals surface area (Å²) in [5.74, 6) is 0. The zero-order valence-electron chi connectivity index (χ0n) is 7.48. The fourth-order valence-electron chi connectivity index (χ4n) is 1.09. The Bertz CT molecular complexity index is 397. The summed E-state index contributed by atoms with van der Waals surface area (Å²) >= 11 is 0. The van der Waals surface area contributed by atoms with Gasteiger partial charge in [0.15, 0.2) is 5.69 Å². The van der Waals surface area contributed by atoms with E-state index in [0.29, 0.717) is 0 Å². The van der Waals surface area contributed by atoms with Crippen molar-refractivity contribution in [1.82, 2.24) is 4.98 Å². The Labute approximate surface area is 83.0 Å². The molecule has 0 atom stereocenters. The van der Waals surface area contributed by atoms with E-state index >= 15 is 0 Å². The lowest BCUT2D eigenvalue weighted by Gasteiger charge is -2.05. The van der Waals surface area contributed by atoms with Crippen molar-refractivity contribution in [2.75, 3.05) is 5.73 Å². The minimum Gasteiger partial charge on any atom is -0.393 e. The number of nitro groups is 1. The summed E-state index contributed by atoms with van der Waals surface area (Å²) in [5, 5.41) is 10.5. The molecule has 4 N–H and O–H groups in total. The number of rotatable bonds is 3. The predicted molar refractivity (Wildman–Crippen MR) is 48.2 cm³/mol. The van der Waals surface area contributed by atoms with Gasteiger partial charge in [0.1, 0.15) is 5.69 Å². The molecule has 82 valence electrons. The molecule has 0 fully saturated rings. The number of nitrogens with zero attached hydrogens (tertiary/aromatic N) is 2. The monoisotopic (exact) mass is 218 g/mol. The van der Waals surface area contributed by atoms with Crippen molar-refractivity contribution < 1.29 is 13.7 Å². The molecule has 0 spiro atoms. The van der Waals surface area contributed by atoms with E-state index in [2.05, 4.69) is 4.98 Å². The van der Waals surface area contributed by atoms with Gasteiger partial charge in [-0.3, -0.25) is 10.1 Å². The van der Waals surface area contributed by atoms with Gasteiger partial charge in [0.25, 0.3) is 6.43 Å². The smallest absolute Gasteiger partial charge is 0.319 e. The van der Waals surface area contributed by atoms with Crippen LogP contribution in [-0.4, -0.2) is 9.91 Å². The van der Waals surface area contributed by atoms with E-state index in [1.165, 1.54) is 0 Å². The van der Waals surface area contributed by atoms with Gasteiger partial charge in [0.2, 0.25) is 0 Å². The van der Waals surface area contributed by atoms with Crippen molar-refractivity contribution in [1.29, 1.82) is 0 Å². The molecule has 0 aliphatic heterocycles. The third kappa shape index (κ3) is 2.15. The van der Waals surface area contributed by atoms with Gasteiger partial charge < -0.3 is 11.5 Å². The van der Waals surface area contributed by atoms with Crippen LogP contribution in [0.2, 0.25) is 0 Å². The van der Waals surface area contributed by atoms with Crippen LogP contribution in [0.4, 0.5) is 20.2 Å². The highest BCUT2D eigenvalue weighted by Crippen LogP contribution is 2.32. The highest BCUT2D eigenvalue weighted by atomic mass is 19.3. The number of anilines is 1. The topological polar surface area (TPSA) is 108 Å². The molecular formula is C7H8F2N4O2. The van der Waals surface area contributed by atoms with Crippen molar-refractivity contribution >= 4 is 11.4 Å². The van der Waals surface area contributed by atoms with Crippen LogP contribution in [-0.2, 0) is 6.54 Å². The average Bonchev–Trinajstić information content (AvgIpc) is 2.15. The minimum absolute atomic E-state index is 0.0911. The number of hydrogen-bond donors (Lipinski definition) is 2. The Morgan fingerprint density at radius 3 is 2.60 bits per heavy atom. The van der Waals surface area contributed by atoms with Crippen LogP contribution < -0.4 is 11.5 Å². The number of nitrogen functional groups attached to an aromatic ring is 1. The van der Waals surface area contributed by atoms with E-state index in [0.717, 1.165) is 6.07 Å². The number of hydrogen-bond acceptors (Lipinski definition) is 5. The van der Waals surface area contributed by atoms with E-state index in [1.807, 2.05) is 0 Å². The van der Waals surface area contributed by atoms with Gasteiger partial charge >= 0.3 is 5.69 Å². The molecule has 6 nitrogen and oxygen atoms in total. The molecule has 8 heteroatoms. The second-order valence-electron chi connectivity index (χ2n) is 2.70. The fraction of sp³-hybridized carbons (Fsp3) is 0.286. The molecular weight excluding hydrogens is 210 g/mol. The molecule has 0 bridgehead atoms. The average molecular weight is 218 g/mol. The zero-order chi connectivity index (χ0) is 11.6. The predicted octanol–water partition coefficient (Wildman–Crippen LogP) is 0.968. The summed E-state index contributed by atoms with van der Waals surface area (Å²) in [6, 6.07) is 1.12. The van der Waals surface area contributed by atoms with Crippen molar-refractivity contribution in [3.05, 3.63) is 27.6 Å². The zero-order valence-corrected chi connectivity index (χ0v) is 7.48. The maximum absolute atomic E-state index is 12.4. The molecule has 1 aromatic rings. The first kappa shape index (κ1) is 11.2. The molecule has 0 amide bonds. The van der Waals surface area contributed by atoms with E-state index < -0.39 is 22.7 Å². The summed E-state index contributed by atoms with van der Waals surface area (Å²) < 4.78 is 24.8. The molecule has 15 heavy (non-hydrogen) atoms. The highest BCUT2D eigenvalue weighted by molar-refractivity contribution is 5.61. The van der Waals surface area contributed by atoms with Crippen molar-refractivity contribution in [3.63, 3.8) is 0 Å². The van der Waals surface area contributed by atoms with Crippen LogP contribution in [0.3, 0.4) is 0 Å². The molecule has 0 radical (unpaired) electrons. The molecule has 0 saturated carbocycles. The first-order chi connectivity index (χ1) is 6.97. The van der Waals surface area contributed by atoms with Crippen molar-refractivity contribution in [2.45, 2.75) is 13.0 Å². The normalized spacial score (nSPS) is 10.7. The lowest BCUT2D eigenvalue weighted by atomic mass is 10.2. The van der Waals surface area contributed by atoms with Crippen LogP contribution in [0.15, 0.2) is 6.07 Å². The van der Waals surface area contributed by atoms with Gasteiger partial charge in [-0.25, -0.2) is 13.8 Å². The highest BCUT2D eigenvalue weighted by Gasteiger charge is 2.27. The third-order valence-corrected chi connectivity index (χ3v) is 1.70. The first-order valence-corrected chi connectivity index (χ1v) is 3.89. The Hall–Kier alpha value is -1.83. The molecule has 0 aliphatic carbocycles. The number of nitrogens with two attached hydrogens (primary N) is 2. The van der Waals surface area contributed by atoms with Crippen molar-refractivity contribution in [2.24, 2.45) is 5.73 Å². The number of pyridine rings is 1. The second kappa shape index (κ2) is 4.13. The van der Waals surface area contributed by atoms with Gasteiger partial charge in [0.05, 0.1) is 10.6 Å². The summed E-state index contributed by atoms with van der Waals surface area (Å²) in [4.78, 5) is 12.9. The van der Waals surface area contributed by atoms with E-state index in [4.69, 9.17) is 11.5 Å². The molecule has 0 unspecified atom stereocenters. The Kier molecular flexibility index (Phi) is 3.10. The minimum atomic E-state index is -3.06. The molecule has 1 aromatic heterocycles. The largest absolute Gasteiger partial charge is 0.393 e. The Morgan fingerprint density at radius 1 is 1.60 bits per heavy atom. The SMILES string of the molecule is NCc1cc(N)c([N+](=O)[O-])c(C(F)F)n1. The number of alkyl halides is 2. The van der Waals surface area contributed by atoms with Crippen molar-refractivity contribution in [3.8, 4) is 0 Å². The molecule has 0 aliphatic rings. The van der Waals surface area contributed by atoms with Gasteiger partial charge in [-0.2, -0.15) is 0 Å². The molecule has 0 aromatic carbocycles. The second-order valence-corrected chi connectivity index (χ2v) is 2.70. The fourth-order valence-corrected chi connectivity index (χ4v) is 1.09. The van der Waals surface area contributed by atoms with Gasteiger partial charge in [-0.1, -0.05) is 0 Å². The lowest BCUT2D eigenvalue weighted by molar-refractivity contribution is -0.385.